The van der Waals surface area contributed by atoms with E-state index in [9.17, 15) is 9.59 Å². The number of hydrogen-bond acceptors (Lipinski definition) is 4. The summed E-state index contributed by atoms with van der Waals surface area (Å²) in [6.07, 6.45) is -0.950. The van der Waals surface area contributed by atoms with Gasteiger partial charge in [0.15, 0.2) is 0 Å². The van der Waals surface area contributed by atoms with E-state index in [0.717, 1.165) is 11.1 Å². The van der Waals surface area contributed by atoms with E-state index in [0.29, 0.717) is 5.02 Å². The lowest BCUT2D eigenvalue weighted by molar-refractivity contribution is -0.0231. The Bertz CT molecular complexity index is 728. The summed E-state index contributed by atoms with van der Waals surface area (Å²) in [5.74, 6) is 0. The van der Waals surface area contributed by atoms with Crippen LogP contribution in [0, 0.1) is 6.92 Å². The number of amides is 2. The number of likely N-dealkylation sites (tertiary alicyclic amines) is 1. The average Bonchev–Trinajstić information content (AvgIpc) is 2.41. The van der Waals surface area contributed by atoms with Gasteiger partial charge in [0.2, 0.25) is 0 Å². The summed E-state index contributed by atoms with van der Waals surface area (Å²) in [4.78, 5) is 26.4. The van der Waals surface area contributed by atoms with Crippen molar-refractivity contribution in [3.05, 3.63) is 34.3 Å². The van der Waals surface area contributed by atoms with Crippen LogP contribution >= 0.6 is 11.6 Å². The minimum Gasteiger partial charge on any atom is -0.444 e. The van der Waals surface area contributed by atoms with Crippen LogP contribution in [0.4, 0.5) is 9.59 Å². The molecule has 27 heavy (non-hydrogen) atoms. The van der Waals surface area contributed by atoms with Crippen LogP contribution in [0.5, 0.6) is 0 Å². The minimum absolute atomic E-state index is 0.280. The van der Waals surface area contributed by atoms with Crippen LogP contribution < -0.4 is 5.32 Å². The summed E-state index contributed by atoms with van der Waals surface area (Å²) in [5.41, 5.74) is -0.142. The zero-order valence-electron chi connectivity index (χ0n) is 17.1. The van der Waals surface area contributed by atoms with Gasteiger partial charge in [-0.2, -0.15) is 0 Å². The predicted octanol–water partition coefficient (Wildman–Crippen LogP) is 4.62. The van der Waals surface area contributed by atoms with Crippen molar-refractivity contribution >= 4 is 23.8 Å². The van der Waals surface area contributed by atoms with Crippen molar-refractivity contribution in [2.45, 2.75) is 65.2 Å². The predicted molar refractivity (Wildman–Crippen MR) is 105 cm³/mol. The van der Waals surface area contributed by atoms with Crippen molar-refractivity contribution in [2.24, 2.45) is 0 Å². The number of ether oxygens (including phenoxy) is 2. The molecular weight excluding hydrogens is 368 g/mol. The summed E-state index contributed by atoms with van der Waals surface area (Å²) in [5, 5.41) is 3.52. The molecule has 1 aromatic rings. The van der Waals surface area contributed by atoms with E-state index in [1.807, 2.05) is 39.8 Å². The van der Waals surface area contributed by atoms with Gasteiger partial charge in [0.05, 0.1) is 13.1 Å². The van der Waals surface area contributed by atoms with E-state index >= 15 is 0 Å². The molecule has 6 nitrogen and oxygen atoms in total. The lowest BCUT2D eigenvalue weighted by atomic mass is 9.80. The maximum Gasteiger partial charge on any atom is 0.410 e. The Balaban J connectivity index is 2.26. The standard InChI is InChI=1S/C20H29ClN2O4/c1-13-8-9-14(21)10-15(13)20(22-16(24)26-18(2,3)4)11-23(12-20)17(25)27-19(5,6)7/h8-10H,11-12H2,1-7H3,(H,22,24). The summed E-state index contributed by atoms with van der Waals surface area (Å²) in [6.45, 7) is 13.4. The van der Waals surface area contributed by atoms with E-state index in [2.05, 4.69) is 5.32 Å². The maximum absolute atomic E-state index is 12.4. The largest absolute Gasteiger partial charge is 0.444 e. The third-order valence-electron chi connectivity index (χ3n) is 4.03. The molecule has 1 aliphatic rings. The zero-order valence-corrected chi connectivity index (χ0v) is 17.9. The number of nitrogens with one attached hydrogen (secondary N) is 1. The third-order valence-corrected chi connectivity index (χ3v) is 4.26. The van der Waals surface area contributed by atoms with Gasteiger partial charge in [-0.05, 0) is 71.7 Å². The second kappa shape index (κ2) is 7.23. The van der Waals surface area contributed by atoms with Crippen molar-refractivity contribution in [1.82, 2.24) is 10.2 Å². The number of alkyl carbamates (subject to hydrolysis) is 1. The van der Waals surface area contributed by atoms with Gasteiger partial charge in [0.1, 0.15) is 16.7 Å². The van der Waals surface area contributed by atoms with Crippen LogP contribution in [0.1, 0.15) is 52.7 Å². The van der Waals surface area contributed by atoms with Gasteiger partial charge in [0, 0.05) is 5.02 Å². The first kappa shape index (κ1) is 21.4. The first-order valence-corrected chi connectivity index (χ1v) is 9.34. The monoisotopic (exact) mass is 396 g/mol. The van der Waals surface area contributed by atoms with Crippen LogP contribution in [-0.2, 0) is 15.0 Å². The molecule has 2 amide bonds. The number of halogens is 1. The average molecular weight is 397 g/mol. The first-order valence-electron chi connectivity index (χ1n) is 8.96. The molecule has 0 aromatic heterocycles. The van der Waals surface area contributed by atoms with Crippen molar-refractivity contribution in [3.63, 3.8) is 0 Å². The first-order chi connectivity index (χ1) is 12.2. The second-order valence-corrected chi connectivity index (χ2v) is 9.44. The molecule has 1 heterocycles. The van der Waals surface area contributed by atoms with E-state index in [-0.39, 0.29) is 13.1 Å². The number of carbonyl (C=O) groups excluding carboxylic acids is 2. The SMILES string of the molecule is Cc1ccc(Cl)cc1C1(NC(=O)OC(C)(C)C)CN(C(=O)OC(C)(C)C)C1. The Morgan fingerprint density at radius 1 is 1.07 bits per heavy atom. The van der Waals surface area contributed by atoms with Gasteiger partial charge in [-0.1, -0.05) is 17.7 Å². The Morgan fingerprint density at radius 2 is 1.63 bits per heavy atom. The summed E-state index contributed by atoms with van der Waals surface area (Å²) in [7, 11) is 0. The molecule has 0 saturated carbocycles. The topological polar surface area (TPSA) is 67.9 Å². The van der Waals surface area contributed by atoms with Gasteiger partial charge >= 0.3 is 12.2 Å². The highest BCUT2D eigenvalue weighted by atomic mass is 35.5. The fourth-order valence-electron chi connectivity index (χ4n) is 2.99. The Kier molecular flexibility index (Phi) is 5.71. The highest BCUT2D eigenvalue weighted by molar-refractivity contribution is 6.30. The second-order valence-electron chi connectivity index (χ2n) is 9.00. The van der Waals surface area contributed by atoms with Gasteiger partial charge in [-0.3, -0.25) is 0 Å². The number of carbonyl (C=O) groups is 2. The summed E-state index contributed by atoms with van der Waals surface area (Å²) < 4.78 is 10.8. The molecule has 0 aliphatic carbocycles. The van der Waals surface area contributed by atoms with Crippen molar-refractivity contribution in [2.75, 3.05) is 13.1 Å². The van der Waals surface area contributed by atoms with Crippen LogP contribution in [0.2, 0.25) is 5.02 Å². The zero-order chi connectivity index (χ0) is 20.6. The molecule has 2 rings (SSSR count). The third kappa shape index (κ3) is 5.51. The van der Waals surface area contributed by atoms with Gasteiger partial charge < -0.3 is 19.7 Å². The molecule has 0 radical (unpaired) electrons. The lowest BCUT2D eigenvalue weighted by Crippen LogP contribution is -2.69. The van der Waals surface area contributed by atoms with Crippen molar-refractivity contribution in [3.8, 4) is 0 Å². The molecule has 0 unspecified atom stereocenters. The minimum atomic E-state index is -0.770. The summed E-state index contributed by atoms with van der Waals surface area (Å²) >= 11 is 6.18. The maximum atomic E-state index is 12.4. The molecule has 0 atom stereocenters. The summed E-state index contributed by atoms with van der Waals surface area (Å²) in [6, 6.07) is 5.51. The Labute approximate surface area is 166 Å². The Hall–Kier alpha value is -1.95. The molecular formula is C20H29ClN2O4. The van der Waals surface area contributed by atoms with Crippen LogP contribution in [-0.4, -0.2) is 41.4 Å². The molecule has 0 spiro atoms. The molecule has 1 aromatic carbocycles. The fourth-order valence-corrected chi connectivity index (χ4v) is 3.16. The Morgan fingerprint density at radius 3 is 2.15 bits per heavy atom. The van der Waals surface area contributed by atoms with Crippen LogP contribution in [0.3, 0.4) is 0 Å². The van der Waals surface area contributed by atoms with Crippen LogP contribution in [0.25, 0.3) is 0 Å². The molecule has 1 fully saturated rings. The van der Waals surface area contributed by atoms with Crippen LogP contribution in [0.15, 0.2) is 18.2 Å². The molecule has 1 N–H and O–H groups in total. The fraction of sp³-hybridized carbons (Fsp3) is 0.600. The lowest BCUT2D eigenvalue weighted by Gasteiger charge is -2.50. The van der Waals surface area contributed by atoms with Crippen molar-refractivity contribution in [1.29, 1.82) is 0 Å². The van der Waals surface area contributed by atoms with E-state index in [1.54, 1.807) is 31.7 Å². The van der Waals surface area contributed by atoms with Crippen molar-refractivity contribution < 1.29 is 19.1 Å². The highest BCUT2D eigenvalue weighted by Gasteiger charge is 2.50. The molecule has 1 saturated heterocycles. The molecule has 0 bridgehead atoms. The van der Waals surface area contributed by atoms with E-state index < -0.39 is 28.9 Å². The number of hydrogen-bond donors (Lipinski definition) is 1. The van der Waals surface area contributed by atoms with Gasteiger partial charge in [-0.15, -0.1) is 0 Å². The van der Waals surface area contributed by atoms with E-state index in [4.69, 9.17) is 21.1 Å². The molecule has 150 valence electrons. The van der Waals surface area contributed by atoms with E-state index in [1.165, 1.54) is 0 Å². The smallest absolute Gasteiger partial charge is 0.410 e. The quantitative estimate of drug-likeness (QED) is 0.791. The molecule has 1 aliphatic heterocycles. The highest BCUT2D eigenvalue weighted by Crippen LogP contribution is 2.36. The number of rotatable bonds is 2. The normalized spacial score (nSPS) is 16.4. The van der Waals surface area contributed by atoms with Gasteiger partial charge in [-0.25, -0.2) is 9.59 Å². The number of aryl methyl sites for hydroxylation is 1. The van der Waals surface area contributed by atoms with Gasteiger partial charge in [0.25, 0.3) is 0 Å². The number of nitrogens with zero attached hydrogens (tertiary/aromatic N) is 1. The molecule has 7 heteroatoms. The number of benzene rings is 1.